The van der Waals surface area contributed by atoms with Crippen LogP contribution in [-0.4, -0.2) is 66.6 Å². The highest BCUT2D eigenvalue weighted by atomic mass is 16.5. The molecule has 3 aliphatic rings. The fraction of sp³-hybridized carbons (Fsp3) is 0.684. The number of carbonyl (C=O) groups excluding carboxylic acids is 1. The minimum Gasteiger partial charge on any atom is -0.481 e. The maximum absolute atomic E-state index is 12.5. The Balaban J connectivity index is 1.33. The van der Waals surface area contributed by atoms with E-state index in [1.165, 1.54) is 12.8 Å². The number of rotatable bonds is 6. The van der Waals surface area contributed by atoms with E-state index in [0.29, 0.717) is 17.8 Å². The molecule has 6 heteroatoms. The van der Waals surface area contributed by atoms with Crippen LogP contribution in [0, 0.1) is 11.8 Å². The Morgan fingerprint density at radius 2 is 2.24 bits per heavy atom. The average molecular weight is 344 g/mol. The predicted molar refractivity (Wildman–Crippen MR) is 95.2 cm³/mol. The first-order valence-corrected chi connectivity index (χ1v) is 9.35. The van der Waals surface area contributed by atoms with Gasteiger partial charge in [0.1, 0.15) is 0 Å². The van der Waals surface area contributed by atoms with Gasteiger partial charge in [-0.1, -0.05) is 6.07 Å². The van der Waals surface area contributed by atoms with E-state index in [1.54, 1.807) is 13.3 Å². The number of hydrogen-bond donors (Lipinski definition) is 1. The number of nitrogens with zero attached hydrogens (tertiary/aromatic N) is 3. The fourth-order valence-electron chi connectivity index (χ4n) is 4.39. The highest BCUT2D eigenvalue weighted by Gasteiger charge is 2.47. The Bertz CT molecular complexity index is 634. The summed E-state index contributed by atoms with van der Waals surface area (Å²) < 4.78 is 5.37. The zero-order valence-electron chi connectivity index (χ0n) is 15.1. The van der Waals surface area contributed by atoms with Crippen molar-refractivity contribution < 1.29 is 9.53 Å². The topological polar surface area (TPSA) is 57.7 Å². The predicted octanol–water partition coefficient (Wildman–Crippen LogP) is 1.12. The van der Waals surface area contributed by atoms with Crippen molar-refractivity contribution in [2.24, 2.45) is 11.8 Å². The van der Waals surface area contributed by atoms with Crippen LogP contribution >= 0.6 is 0 Å². The molecule has 1 aromatic rings. The monoisotopic (exact) mass is 344 g/mol. The second-order valence-corrected chi connectivity index (χ2v) is 7.80. The molecule has 1 N–H and O–H groups in total. The van der Waals surface area contributed by atoms with Crippen molar-refractivity contribution in [3.05, 3.63) is 23.9 Å². The van der Waals surface area contributed by atoms with Crippen LogP contribution in [0.2, 0.25) is 0 Å². The molecule has 0 unspecified atom stereocenters. The third-order valence-electron chi connectivity index (χ3n) is 6.02. The van der Waals surface area contributed by atoms with Gasteiger partial charge < -0.3 is 10.1 Å². The Morgan fingerprint density at radius 3 is 2.96 bits per heavy atom. The Hall–Kier alpha value is -1.66. The summed E-state index contributed by atoms with van der Waals surface area (Å²) in [5, 5.41) is 3.15. The minimum atomic E-state index is 0.0452. The van der Waals surface area contributed by atoms with Crippen LogP contribution in [0.5, 0.6) is 5.88 Å². The molecule has 0 aromatic carbocycles. The molecule has 4 rings (SSSR count). The second kappa shape index (κ2) is 6.92. The van der Waals surface area contributed by atoms with E-state index in [2.05, 4.69) is 33.2 Å². The number of hydrogen-bond acceptors (Lipinski definition) is 5. The molecule has 2 aliphatic heterocycles. The lowest BCUT2D eigenvalue weighted by molar-refractivity contribution is -0.125. The first-order valence-electron chi connectivity index (χ1n) is 9.35. The number of ether oxygens (including phenoxy) is 1. The molecule has 0 spiro atoms. The molecule has 3 fully saturated rings. The third-order valence-corrected chi connectivity index (χ3v) is 6.02. The van der Waals surface area contributed by atoms with Gasteiger partial charge in [-0.3, -0.25) is 14.6 Å². The van der Waals surface area contributed by atoms with E-state index in [0.717, 1.165) is 44.1 Å². The van der Waals surface area contributed by atoms with E-state index < -0.39 is 0 Å². The van der Waals surface area contributed by atoms with Crippen LogP contribution in [0.3, 0.4) is 0 Å². The van der Waals surface area contributed by atoms with Gasteiger partial charge >= 0.3 is 0 Å². The SMILES string of the molecule is COc1ncccc1CN1C[C@@H]2C[C@@H](C(=O)NCC3CC3)N(C)[C@@H]2C1. The standard InChI is InChI=1S/C19H28N4O2/c1-22-16(18(24)21-9-13-5-6-13)8-15-11-23(12-17(15)22)10-14-4-3-7-20-19(14)25-2/h3-4,7,13,15-17H,5-6,8-12H2,1-2H3,(H,21,24)/t15-,16-,17+/m0/s1. The van der Waals surface area contributed by atoms with Gasteiger partial charge in [-0.05, 0) is 44.2 Å². The molecule has 1 aliphatic carbocycles. The summed E-state index contributed by atoms with van der Waals surface area (Å²) in [6, 6.07) is 4.56. The molecular formula is C19H28N4O2. The lowest BCUT2D eigenvalue weighted by Crippen LogP contribution is -2.46. The van der Waals surface area contributed by atoms with Gasteiger partial charge in [0.05, 0.1) is 13.2 Å². The largest absolute Gasteiger partial charge is 0.481 e. The van der Waals surface area contributed by atoms with E-state index >= 15 is 0 Å². The first kappa shape index (κ1) is 16.8. The summed E-state index contributed by atoms with van der Waals surface area (Å²) in [6.07, 6.45) is 5.29. The number of likely N-dealkylation sites (N-methyl/N-ethyl adjacent to an activating group) is 1. The van der Waals surface area contributed by atoms with Crippen molar-refractivity contribution in [3.63, 3.8) is 0 Å². The molecule has 25 heavy (non-hydrogen) atoms. The Morgan fingerprint density at radius 1 is 1.40 bits per heavy atom. The Kier molecular flexibility index (Phi) is 4.65. The maximum atomic E-state index is 12.5. The van der Waals surface area contributed by atoms with Crippen molar-refractivity contribution in [1.29, 1.82) is 0 Å². The number of amides is 1. The van der Waals surface area contributed by atoms with Crippen molar-refractivity contribution >= 4 is 5.91 Å². The van der Waals surface area contributed by atoms with Crippen LogP contribution in [0.25, 0.3) is 0 Å². The number of methoxy groups -OCH3 is 1. The molecule has 136 valence electrons. The van der Waals surface area contributed by atoms with Crippen molar-refractivity contribution in [2.45, 2.75) is 37.9 Å². The second-order valence-electron chi connectivity index (χ2n) is 7.80. The number of aromatic nitrogens is 1. The van der Waals surface area contributed by atoms with Crippen LogP contribution in [0.4, 0.5) is 0 Å². The molecule has 6 nitrogen and oxygen atoms in total. The van der Waals surface area contributed by atoms with Crippen molar-refractivity contribution in [1.82, 2.24) is 20.1 Å². The molecule has 2 saturated heterocycles. The molecule has 3 heterocycles. The molecular weight excluding hydrogens is 316 g/mol. The fourth-order valence-corrected chi connectivity index (χ4v) is 4.39. The minimum absolute atomic E-state index is 0.0452. The highest BCUT2D eigenvalue weighted by molar-refractivity contribution is 5.82. The Labute approximate surface area is 149 Å². The van der Waals surface area contributed by atoms with Gasteiger partial charge in [-0.15, -0.1) is 0 Å². The van der Waals surface area contributed by atoms with E-state index in [-0.39, 0.29) is 11.9 Å². The maximum Gasteiger partial charge on any atom is 0.237 e. The van der Waals surface area contributed by atoms with Crippen LogP contribution in [0.1, 0.15) is 24.8 Å². The molecule has 3 atom stereocenters. The number of fused-ring (bicyclic) bond motifs is 1. The average Bonchev–Trinajstić information content (AvgIpc) is 3.29. The van der Waals surface area contributed by atoms with Gasteiger partial charge in [-0.2, -0.15) is 0 Å². The van der Waals surface area contributed by atoms with Gasteiger partial charge in [0, 0.05) is 44.0 Å². The number of likely N-dealkylation sites (tertiary alicyclic amines) is 2. The summed E-state index contributed by atoms with van der Waals surface area (Å²) in [5.74, 6) is 2.25. The van der Waals surface area contributed by atoms with Gasteiger partial charge in [0.25, 0.3) is 0 Å². The highest BCUT2D eigenvalue weighted by Crippen LogP contribution is 2.36. The van der Waals surface area contributed by atoms with Crippen molar-refractivity contribution in [3.8, 4) is 5.88 Å². The van der Waals surface area contributed by atoms with Gasteiger partial charge in [0.2, 0.25) is 11.8 Å². The smallest absolute Gasteiger partial charge is 0.237 e. The summed E-state index contributed by atoms with van der Waals surface area (Å²) >= 11 is 0. The summed E-state index contributed by atoms with van der Waals surface area (Å²) in [5.41, 5.74) is 1.13. The molecule has 1 amide bonds. The quantitative estimate of drug-likeness (QED) is 0.838. The summed E-state index contributed by atoms with van der Waals surface area (Å²) in [4.78, 5) is 21.5. The first-order chi connectivity index (χ1) is 12.2. The molecule has 0 radical (unpaired) electrons. The zero-order chi connectivity index (χ0) is 17.4. The molecule has 1 saturated carbocycles. The van der Waals surface area contributed by atoms with Crippen LogP contribution in [0.15, 0.2) is 18.3 Å². The lowest BCUT2D eigenvalue weighted by Gasteiger charge is -2.26. The van der Waals surface area contributed by atoms with E-state index in [9.17, 15) is 4.79 Å². The number of carbonyl (C=O) groups is 1. The summed E-state index contributed by atoms with van der Waals surface area (Å²) in [7, 11) is 3.78. The number of pyridine rings is 1. The zero-order valence-corrected chi connectivity index (χ0v) is 15.1. The number of nitrogens with one attached hydrogen (secondary N) is 1. The van der Waals surface area contributed by atoms with Crippen LogP contribution in [-0.2, 0) is 11.3 Å². The van der Waals surface area contributed by atoms with Crippen molar-refractivity contribution in [2.75, 3.05) is 33.8 Å². The van der Waals surface area contributed by atoms with Gasteiger partial charge in [-0.25, -0.2) is 4.98 Å². The molecule has 1 aromatic heterocycles. The third kappa shape index (κ3) is 3.51. The lowest BCUT2D eigenvalue weighted by atomic mass is 10.0. The van der Waals surface area contributed by atoms with Crippen LogP contribution < -0.4 is 10.1 Å². The summed E-state index contributed by atoms with van der Waals surface area (Å²) in [6.45, 7) is 3.77. The normalized spacial score (nSPS) is 29.6. The van der Waals surface area contributed by atoms with E-state index in [4.69, 9.17) is 4.74 Å². The van der Waals surface area contributed by atoms with Gasteiger partial charge in [0.15, 0.2) is 0 Å². The molecule has 0 bridgehead atoms. The van der Waals surface area contributed by atoms with E-state index in [1.807, 2.05) is 6.07 Å².